The zero-order valence-electron chi connectivity index (χ0n) is 11.7. The van der Waals surface area contributed by atoms with E-state index in [4.69, 9.17) is 14.2 Å². The van der Waals surface area contributed by atoms with Crippen LogP contribution in [0.25, 0.3) is 0 Å². The first-order valence-corrected chi connectivity index (χ1v) is 10.7. The number of nitrogens with zero attached hydrogens (tertiary/aromatic N) is 2. The highest BCUT2D eigenvalue weighted by molar-refractivity contribution is 8.03. The van der Waals surface area contributed by atoms with Crippen molar-refractivity contribution in [3.05, 3.63) is 0 Å². The standard InChI is InChI=1S/C10H17N2O5PS3/c1-3-16-18(15,17-4-2)5-6-19-9-11-12-10(21-9)20-7-8(13)14/h3-7H2,1-2H3,(H,13,14). The van der Waals surface area contributed by atoms with Gasteiger partial charge in [0, 0.05) is 5.75 Å². The molecule has 0 aliphatic rings. The zero-order chi connectivity index (χ0) is 15.7. The third kappa shape index (κ3) is 7.62. The van der Waals surface area contributed by atoms with E-state index in [-0.39, 0.29) is 5.75 Å². The highest BCUT2D eigenvalue weighted by atomic mass is 32.2. The van der Waals surface area contributed by atoms with E-state index >= 15 is 0 Å². The van der Waals surface area contributed by atoms with Crippen molar-refractivity contribution in [2.75, 3.05) is 30.9 Å². The monoisotopic (exact) mass is 372 g/mol. The molecular weight excluding hydrogens is 355 g/mol. The van der Waals surface area contributed by atoms with E-state index < -0.39 is 13.6 Å². The molecule has 1 aromatic rings. The molecule has 0 saturated heterocycles. The van der Waals surface area contributed by atoms with Crippen molar-refractivity contribution >= 4 is 48.4 Å². The average molecular weight is 372 g/mol. The first-order valence-electron chi connectivity index (χ1n) is 6.18. The van der Waals surface area contributed by atoms with Crippen LogP contribution in [-0.4, -0.2) is 52.2 Å². The Morgan fingerprint density at radius 2 is 1.81 bits per heavy atom. The fourth-order valence-corrected chi connectivity index (χ4v) is 6.08. The molecule has 0 atom stereocenters. The van der Waals surface area contributed by atoms with Gasteiger partial charge in [-0.25, -0.2) is 0 Å². The smallest absolute Gasteiger partial charge is 0.331 e. The van der Waals surface area contributed by atoms with Gasteiger partial charge in [-0.15, -0.1) is 10.2 Å². The normalized spacial score (nSPS) is 11.7. The summed E-state index contributed by atoms with van der Waals surface area (Å²) in [5, 5.41) is 16.4. The third-order valence-electron chi connectivity index (χ3n) is 1.95. The van der Waals surface area contributed by atoms with E-state index in [0.717, 1.165) is 11.8 Å². The Kier molecular flexibility index (Phi) is 8.84. The first-order chi connectivity index (χ1) is 9.99. The minimum absolute atomic E-state index is 0.0385. The molecule has 0 spiro atoms. The van der Waals surface area contributed by atoms with Crippen molar-refractivity contribution in [3.63, 3.8) is 0 Å². The van der Waals surface area contributed by atoms with Crippen LogP contribution in [0, 0.1) is 0 Å². The fourth-order valence-electron chi connectivity index (χ4n) is 1.24. The molecule has 11 heteroatoms. The maximum absolute atomic E-state index is 12.2. The summed E-state index contributed by atoms with van der Waals surface area (Å²) in [7, 11) is -3.02. The summed E-state index contributed by atoms with van der Waals surface area (Å²) in [5.74, 6) is -0.391. The molecule has 7 nitrogen and oxygen atoms in total. The SMILES string of the molecule is CCOP(=O)(CCSc1nnc(SCC(=O)O)s1)OCC. The number of aromatic nitrogens is 2. The van der Waals surface area contributed by atoms with Crippen molar-refractivity contribution < 1.29 is 23.5 Å². The number of carboxylic acids is 1. The number of carboxylic acid groups (broad SMARTS) is 1. The van der Waals surface area contributed by atoms with Gasteiger partial charge < -0.3 is 14.2 Å². The minimum Gasteiger partial charge on any atom is -0.481 e. The molecular formula is C10H17N2O5PS3. The van der Waals surface area contributed by atoms with Gasteiger partial charge in [-0.2, -0.15) is 0 Å². The lowest BCUT2D eigenvalue weighted by molar-refractivity contribution is -0.133. The Bertz CT molecular complexity index is 489. The third-order valence-corrected chi connectivity index (χ3v) is 7.50. The summed E-state index contributed by atoms with van der Waals surface area (Å²) in [5.41, 5.74) is 0. The van der Waals surface area contributed by atoms with E-state index in [9.17, 15) is 9.36 Å². The lowest BCUT2D eigenvalue weighted by Gasteiger charge is -2.15. The highest BCUT2D eigenvalue weighted by Gasteiger charge is 2.23. The molecule has 21 heavy (non-hydrogen) atoms. The number of thioether (sulfide) groups is 2. The number of hydrogen-bond acceptors (Lipinski definition) is 9. The Hall–Kier alpha value is -0.120. The summed E-state index contributed by atoms with van der Waals surface area (Å²) < 4.78 is 23.9. The highest BCUT2D eigenvalue weighted by Crippen LogP contribution is 2.48. The van der Waals surface area contributed by atoms with Gasteiger partial charge in [-0.05, 0) is 13.8 Å². The second-order valence-electron chi connectivity index (χ2n) is 3.53. The molecule has 1 N–H and O–H groups in total. The van der Waals surface area contributed by atoms with E-state index in [1.807, 2.05) is 0 Å². The minimum atomic E-state index is -3.02. The Morgan fingerprint density at radius 3 is 2.33 bits per heavy atom. The van der Waals surface area contributed by atoms with Gasteiger partial charge in [0.05, 0.1) is 25.1 Å². The van der Waals surface area contributed by atoms with Gasteiger partial charge in [0.25, 0.3) is 0 Å². The largest absolute Gasteiger partial charge is 0.481 e. The predicted octanol–water partition coefficient (Wildman–Crippen LogP) is 3.07. The molecule has 0 aromatic carbocycles. The Morgan fingerprint density at radius 1 is 1.24 bits per heavy atom. The van der Waals surface area contributed by atoms with Crippen LogP contribution < -0.4 is 0 Å². The molecule has 1 heterocycles. The van der Waals surface area contributed by atoms with Gasteiger partial charge in [-0.3, -0.25) is 9.36 Å². The topological polar surface area (TPSA) is 98.6 Å². The van der Waals surface area contributed by atoms with Gasteiger partial charge in [-0.1, -0.05) is 34.9 Å². The summed E-state index contributed by atoms with van der Waals surface area (Å²) in [6.07, 6.45) is 0.302. The molecule has 120 valence electrons. The maximum Gasteiger partial charge on any atom is 0.331 e. The van der Waals surface area contributed by atoms with Crippen molar-refractivity contribution in [2.45, 2.75) is 22.5 Å². The van der Waals surface area contributed by atoms with Crippen LogP contribution in [0.1, 0.15) is 13.8 Å². The number of carbonyl (C=O) groups is 1. The van der Waals surface area contributed by atoms with Crippen LogP contribution >= 0.6 is 42.5 Å². The predicted molar refractivity (Wildman–Crippen MR) is 84.7 cm³/mol. The van der Waals surface area contributed by atoms with Crippen LogP contribution in [-0.2, 0) is 18.4 Å². The summed E-state index contributed by atoms with van der Waals surface area (Å²) in [6.45, 7) is 4.23. The van der Waals surface area contributed by atoms with Crippen LogP contribution in [0.3, 0.4) is 0 Å². The molecule has 1 rings (SSSR count). The Balaban J connectivity index is 2.41. The van der Waals surface area contributed by atoms with Gasteiger partial charge >= 0.3 is 13.6 Å². The van der Waals surface area contributed by atoms with E-state index in [2.05, 4.69) is 10.2 Å². The van der Waals surface area contributed by atoms with E-state index in [0.29, 0.717) is 33.8 Å². The fraction of sp³-hybridized carbons (Fsp3) is 0.700. The van der Waals surface area contributed by atoms with Gasteiger partial charge in [0.1, 0.15) is 0 Å². The summed E-state index contributed by atoms with van der Waals surface area (Å²) in [6, 6.07) is 0. The van der Waals surface area contributed by atoms with Crippen molar-refractivity contribution in [3.8, 4) is 0 Å². The van der Waals surface area contributed by atoms with Crippen LogP contribution in [0.15, 0.2) is 8.68 Å². The molecule has 0 amide bonds. The van der Waals surface area contributed by atoms with Gasteiger partial charge in [0.15, 0.2) is 8.68 Å². The van der Waals surface area contributed by atoms with E-state index in [1.54, 1.807) is 13.8 Å². The summed E-state index contributed by atoms with van der Waals surface area (Å²) in [4.78, 5) is 10.5. The average Bonchev–Trinajstić information content (AvgIpc) is 2.85. The lowest BCUT2D eigenvalue weighted by atomic mass is 10.8. The molecule has 0 fully saturated rings. The number of rotatable bonds is 11. The van der Waals surface area contributed by atoms with Crippen LogP contribution in [0.5, 0.6) is 0 Å². The molecule has 0 aliphatic carbocycles. The Labute approximate surface area is 135 Å². The number of hydrogen-bond donors (Lipinski definition) is 1. The first kappa shape index (κ1) is 18.9. The van der Waals surface area contributed by atoms with Crippen molar-refractivity contribution in [2.24, 2.45) is 0 Å². The molecule has 0 bridgehead atoms. The maximum atomic E-state index is 12.2. The van der Waals surface area contributed by atoms with Crippen LogP contribution in [0.4, 0.5) is 0 Å². The van der Waals surface area contributed by atoms with Crippen molar-refractivity contribution in [1.82, 2.24) is 10.2 Å². The quantitative estimate of drug-likeness (QED) is 0.464. The number of aliphatic carboxylic acids is 1. The molecule has 1 aromatic heterocycles. The van der Waals surface area contributed by atoms with Gasteiger partial charge in [0.2, 0.25) is 0 Å². The van der Waals surface area contributed by atoms with Crippen LogP contribution in [0.2, 0.25) is 0 Å². The van der Waals surface area contributed by atoms with E-state index in [1.165, 1.54) is 23.1 Å². The second kappa shape index (κ2) is 9.81. The lowest BCUT2D eigenvalue weighted by Crippen LogP contribution is -2.01. The second-order valence-corrected chi connectivity index (χ2v) is 9.26. The zero-order valence-corrected chi connectivity index (χ0v) is 15.0. The molecule has 0 unspecified atom stereocenters. The molecule has 0 aliphatic heterocycles. The molecule has 0 saturated carbocycles. The summed E-state index contributed by atoms with van der Waals surface area (Å²) >= 11 is 3.86. The van der Waals surface area contributed by atoms with Crippen molar-refractivity contribution in [1.29, 1.82) is 0 Å². The molecule has 0 radical (unpaired) electrons.